The number of methoxy groups -OCH3 is 1. The fourth-order valence-corrected chi connectivity index (χ4v) is 4.76. The Hall–Kier alpha value is -1.36. The summed E-state index contributed by atoms with van der Waals surface area (Å²) in [6.45, 7) is 4.70. The fourth-order valence-electron chi connectivity index (χ4n) is 4.76. The molecular weight excluding hydrogens is 356 g/mol. The molecule has 2 aliphatic rings. The zero-order valence-electron chi connectivity index (χ0n) is 17.5. The minimum Gasteiger partial charge on any atom is -0.469 e. The first-order valence-electron chi connectivity index (χ1n) is 11.1. The van der Waals surface area contributed by atoms with Gasteiger partial charge in [0.15, 0.2) is 0 Å². The number of ether oxygens (including phenoxy) is 3. The molecule has 28 heavy (non-hydrogen) atoms. The predicted molar refractivity (Wildman–Crippen MR) is 109 cm³/mol. The topological polar surface area (TPSA) is 61.8 Å². The lowest BCUT2D eigenvalue weighted by atomic mass is 9.70. The normalized spacial score (nSPS) is 27.8. The number of unbranched alkanes of at least 4 members (excludes halogenated alkanes) is 3. The van der Waals surface area contributed by atoms with E-state index in [4.69, 9.17) is 14.2 Å². The van der Waals surface area contributed by atoms with Crippen LogP contribution >= 0.6 is 0 Å². The summed E-state index contributed by atoms with van der Waals surface area (Å²) in [5.74, 6) is 1.38. The van der Waals surface area contributed by atoms with E-state index in [0.717, 1.165) is 57.0 Å². The predicted octanol–water partition coefficient (Wildman–Crippen LogP) is 4.83. The maximum Gasteiger partial charge on any atom is 0.330 e. The van der Waals surface area contributed by atoms with Crippen LogP contribution in [0.15, 0.2) is 12.7 Å². The maximum atomic E-state index is 11.7. The van der Waals surface area contributed by atoms with Gasteiger partial charge in [-0.3, -0.25) is 4.79 Å². The van der Waals surface area contributed by atoms with Gasteiger partial charge < -0.3 is 14.2 Å². The number of rotatable bonds is 11. The highest BCUT2D eigenvalue weighted by molar-refractivity contribution is 5.81. The molecule has 2 aliphatic carbocycles. The number of esters is 2. The van der Waals surface area contributed by atoms with E-state index >= 15 is 0 Å². The molecule has 5 heteroatoms. The lowest BCUT2D eigenvalue weighted by Crippen LogP contribution is -2.30. The number of carbonyl (C=O) groups is 2. The first-order valence-corrected chi connectivity index (χ1v) is 11.1. The van der Waals surface area contributed by atoms with E-state index in [1.807, 2.05) is 0 Å². The molecule has 0 aromatic rings. The molecule has 0 amide bonds. The molecule has 0 unspecified atom stereocenters. The van der Waals surface area contributed by atoms with E-state index in [1.165, 1.54) is 51.7 Å². The first kappa shape index (κ1) is 22.9. The van der Waals surface area contributed by atoms with Crippen LogP contribution < -0.4 is 0 Å². The van der Waals surface area contributed by atoms with Gasteiger partial charge in [0.1, 0.15) is 0 Å². The molecule has 0 aromatic carbocycles. The average molecular weight is 395 g/mol. The van der Waals surface area contributed by atoms with E-state index < -0.39 is 0 Å². The van der Waals surface area contributed by atoms with Gasteiger partial charge in [-0.2, -0.15) is 0 Å². The lowest BCUT2D eigenvalue weighted by molar-refractivity contribution is -0.147. The van der Waals surface area contributed by atoms with Crippen molar-refractivity contribution in [2.45, 2.75) is 83.2 Å². The highest BCUT2D eigenvalue weighted by Gasteiger charge is 2.33. The third-order valence-electron chi connectivity index (χ3n) is 6.50. The van der Waals surface area contributed by atoms with Crippen LogP contribution in [0.1, 0.15) is 77.0 Å². The molecule has 0 bridgehead atoms. The van der Waals surface area contributed by atoms with Crippen molar-refractivity contribution in [1.29, 1.82) is 0 Å². The summed E-state index contributed by atoms with van der Waals surface area (Å²) in [7, 11) is 1.50. The van der Waals surface area contributed by atoms with Gasteiger partial charge >= 0.3 is 11.9 Å². The molecule has 5 nitrogen and oxygen atoms in total. The molecular formula is C23H38O5. The molecule has 0 aliphatic heterocycles. The zero-order chi connectivity index (χ0) is 20.2. The molecule has 0 aromatic heterocycles. The van der Waals surface area contributed by atoms with Crippen LogP contribution in [0.4, 0.5) is 0 Å². The van der Waals surface area contributed by atoms with Gasteiger partial charge in [-0.05, 0) is 82.5 Å². The smallest absolute Gasteiger partial charge is 0.330 e. The summed E-state index contributed by atoms with van der Waals surface area (Å²) in [5, 5.41) is 0. The van der Waals surface area contributed by atoms with Crippen molar-refractivity contribution in [1.82, 2.24) is 0 Å². The summed E-state index contributed by atoms with van der Waals surface area (Å²) >= 11 is 0. The van der Waals surface area contributed by atoms with E-state index in [0.29, 0.717) is 12.7 Å². The number of hydrogen-bond acceptors (Lipinski definition) is 5. The monoisotopic (exact) mass is 394 g/mol. The highest BCUT2D eigenvalue weighted by atomic mass is 16.5. The van der Waals surface area contributed by atoms with E-state index in [2.05, 4.69) is 6.58 Å². The van der Waals surface area contributed by atoms with Crippen molar-refractivity contribution in [3.8, 4) is 0 Å². The van der Waals surface area contributed by atoms with Crippen molar-refractivity contribution >= 4 is 11.9 Å². The molecule has 2 saturated carbocycles. The van der Waals surface area contributed by atoms with Crippen LogP contribution in [-0.4, -0.2) is 38.4 Å². The van der Waals surface area contributed by atoms with E-state index in [-0.39, 0.29) is 17.9 Å². The van der Waals surface area contributed by atoms with Crippen LogP contribution in [0.25, 0.3) is 0 Å². The Kier molecular flexibility index (Phi) is 10.6. The Bertz CT molecular complexity index is 473. The van der Waals surface area contributed by atoms with Gasteiger partial charge in [0, 0.05) is 12.7 Å². The summed E-state index contributed by atoms with van der Waals surface area (Å²) < 4.78 is 15.9. The van der Waals surface area contributed by atoms with Gasteiger partial charge in [-0.1, -0.05) is 13.0 Å². The van der Waals surface area contributed by atoms with Crippen molar-refractivity contribution in [3.63, 3.8) is 0 Å². The standard InChI is InChI=1S/C23H38O5/c1-3-22(24)28-17-7-5-4-6-16-27-21-14-12-19(13-15-21)18-8-10-20(11-9-18)23(25)26-2/h3,18-21H,1,4-17H2,2H3. The molecule has 0 radical (unpaired) electrons. The van der Waals surface area contributed by atoms with Crippen molar-refractivity contribution in [2.24, 2.45) is 17.8 Å². The van der Waals surface area contributed by atoms with Crippen LogP contribution in [0.2, 0.25) is 0 Å². The van der Waals surface area contributed by atoms with Gasteiger partial charge in [0.05, 0.1) is 25.7 Å². The highest BCUT2D eigenvalue weighted by Crippen LogP contribution is 2.40. The molecule has 0 N–H and O–H groups in total. The second-order valence-electron chi connectivity index (χ2n) is 8.33. The SMILES string of the molecule is C=CC(=O)OCCCCCCOC1CCC(C2CCC(C(=O)OC)CC2)CC1. The van der Waals surface area contributed by atoms with Gasteiger partial charge in [-0.15, -0.1) is 0 Å². The second-order valence-corrected chi connectivity index (χ2v) is 8.33. The Morgan fingerprint density at radius 3 is 2.00 bits per heavy atom. The summed E-state index contributed by atoms with van der Waals surface area (Å²) in [4.78, 5) is 22.6. The molecule has 0 atom stereocenters. The van der Waals surface area contributed by atoms with Gasteiger partial charge in [0.25, 0.3) is 0 Å². The third kappa shape index (κ3) is 7.94. The van der Waals surface area contributed by atoms with E-state index in [9.17, 15) is 9.59 Å². The number of hydrogen-bond donors (Lipinski definition) is 0. The molecule has 2 rings (SSSR count). The van der Waals surface area contributed by atoms with Gasteiger partial charge in [0.2, 0.25) is 0 Å². The second kappa shape index (κ2) is 13.0. The zero-order valence-corrected chi connectivity index (χ0v) is 17.5. The van der Waals surface area contributed by atoms with Crippen molar-refractivity contribution in [2.75, 3.05) is 20.3 Å². The van der Waals surface area contributed by atoms with Crippen LogP contribution in [-0.2, 0) is 23.8 Å². The summed E-state index contributed by atoms with van der Waals surface area (Å²) in [5.41, 5.74) is 0. The molecule has 2 fully saturated rings. The lowest BCUT2D eigenvalue weighted by Gasteiger charge is -2.37. The molecule has 0 heterocycles. The molecule has 0 spiro atoms. The Balaban J connectivity index is 1.47. The van der Waals surface area contributed by atoms with Crippen LogP contribution in [0, 0.1) is 17.8 Å². The van der Waals surface area contributed by atoms with Crippen molar-refractivity contribution < 1.29 is 23.8 Å². The van der Waals surface area contributed by atoms with Gasteiger partial charge in [-0.25, -0.2) is 4.79 Å². The third-order valence-corrected chi connectivity index (χ3v) is 6.50. The first-order chi connectivity index (χ1) is 13.6. The van der Waals surface area contributed by atoms with Crippen LogP contribution in [0.3, 0.4) is 0 Å². The maximum absolute atomic E-state index is 11.7. The Labute approximate surface area is 170 Å². The minimum atomic E-state index is -0.338. The summed E-state index contributed by atoms with van der Waals surface area (Å²) in [6, 6.07) is 0. The largest absolute Gasteiger partial charge is 0.469 e. The Morgan fingerprint density at radius 2 is 1.43 bits per heavy atom. The average Bonchev–Trinajstić information content (AvgIpc) is 2.75. The molecule has 160 valence electrons. The van der Waals surface area contributed by atoms with Crippen molar-refractivity contribution in [3.05, 3.63) is 12.7 Å². The quantitative estimate of drug-likeness (QED) is 0.285. The molecule has 0 saturated heterocycles. The number of carbonyl (C=O) groups excluding carboxylic acids is 2. The fraction of sp³-hybridized carbons (Fsp3) is 0.826. The van der Waals surface area contributed by atoms with Crippen LogP contribution in [0.5, 0.6) is 0 Å². The summed E-state index contributed by atoms with van der Waals surface area (Å²) in [6.07, 6.45) is 15.1. The minimum absolute atomic E-state index is 0.0201. The van der Waals surface area contributed by atoms with E-state index in [1.54, 1.807) is 0 Å². The Morgan fingerprint density at radius 1 is 0.857 bits per heavy atom.